The van der Waals surface area contributed by atoms with Crippen LogP contribution in [-0.4, -0.2) is 69.0 Å². The van der Waals surface area contributed by atoms with Crippen molar-refractivity contribution >= 4 is 63.5 Å². The van der Waals surface area contributed by atoms with Crippen LogP contribution in [0.25, 0.3) is 0 Å². The van der Waals surface area contributed by atoms with Crippen molar-refractivity contribution < 1.29 is 28.7 Å². The van der Waals surface area contributed by atoms with Gasteiger partial charge < -0.3 is 24.9 Å². The van der Waals surface area contributed by atoms with Crippen LogP contribution in [0, 0.1) is 0 Å². The normalized spacial score (nSPS) is 17.2. The maximum atomic E-state index is 15.5. The summed E-state index contributed by atoms with van der Waals surface area (Å²) in [5, 5.41) is 13.5. The van der Waals surface area contributed by atoms with Crippen LogP contribution in [0.2, 0.25) is 0 Å². The molecule has 12 rings (SSSR count). The minimum absolute atomic E-state index is 0.0927. The number of hydrogen-bond donors (Lipinski definition) is 2. The number of hydrogen-bond acceptors (Lipinski definition) is 12. The molecule has 0 bridgehead atoms. The van der Waals surface area contributed by atoms with Gasteiger partial charge in [0.2, 0.25) is 5.60 Å². The van der Waals surface area contributed by atoms with Crippen molar-refractivity contribution in [1.29, 1.82) is 0 Å². The predicted octanol–water partition coefficient (Wildman–Crippen LogP) is 12.7. The molecule has 14 heteroatoms. The lowest BCUT2D eigenvalue weighted by atomic mass is 9.77. The average Bonchev–Trinajstić information content (AvgIpc) is 4.30. The van der Waals surface area contributed by atoms with Crippen LogP contribution in [0.1, 0.15) is 62.7 Å². The van der Waals surface area contributed by atoms with E-state index in [9.17, 15) is 9.59 Å². The molecule has 2 unspecified atom stereocenters. The Hall–Kier alpha value is -8.53. The highest BCUT2D eigenvalue weighted by Gasteiger charge is 2.55. The van der Waals surface area contributed by atoms with Crippen LogP contribution < -0.4 is 10.6 Å². The molecule has 2 fully saturated rings. The van der Waals surface area contributed by atoms with Crippen molar-refractivity contribution in [3.8, 4) is 0 Å². The fourth-order valence-corrected chi connectivity index (χ4v) is 14.3. The molecule has 0 saturated carbocycles. The summed E-state index contributed by atoms with van der Waals surface area (Å²) in [7, 11) is 0. The average molecular weight is 1120 g/mol. The van der Waals surface area contributed by atoms with Gasteiger partial charge in [0.1, 0.15) is 28.3 Å². The molecular weight excluding hydrogens is 1070 g/mol. The third-order valence-corrected chi connectivity index (χ3v) is 18.3. The fourth-order valence-electron chi connectivity index (χ4n) is 10.8. The maximum absolute atomic E-state index is 15.5. The largest absolute Gasteiger partial charge is 0.448 e. The number of ether oxygens (including phenoxy) is 2. The van der Waals surface area contributed by atoms with E-state index in [1.165, 1.54) is 28.0 Å². The topological polar surface area (TPSA) is 131 Å². The molecule has 0 radical (unpaired) electrons. The van der Waals surface area contributed by atoms with Crippen molar-refractivity contribution in [2.75, 3.05) is 24.3 Å². The number of carbonyl (C=O) groups is 3. The summed E-state index contributed by atoms with van der Waals surface area (Å²) in [6.07, 6.45) is 0.0512. The summed E-state index contributed by atoms with van der Waals surface area (Å²) in [4.78, 5) is 59.9. The number of nitrogens with one attached hydrogen (secondary N) is 2. The summed E-state index contributed by atoms with van der Waals surface area (Å²) in [5.41, 5.74) is 4.69. The van der Waals surface area contributed by atoms with Gasteiger partial charge in [-0.3, -0.25) is 14.5 Å². The number of aromatic nitrogens is 1. The Morgan fingerprint density at radius 3 is 1.56 bits per heavy atom. The predicted molar refractivity (Wildman–Crippen MR) is 321 cm³/mol. The fraction of sp³-hybridized carbons (Fsp3) is 0.149. The first-order valence-electron chi connectivity index (χ1n) is 26.8. The molecule has 3 atom stereocenters. The van der Waals surface area contributed by atoms with E-state index < -0.39 is 46.4 Å². The van der Waals surface area contributed by atoms with E-state index in [1.54, 1.807) is 17.1 Å². The highest BCUT2D eigenvalue weighted by atomic mass is 32.2. The molecule has 2 N–H and O–H groups in total. The SMILES string of the molecule is O=C(OC(c1ccccc1)c1ccccc1)C1=C(SC2CCOC2)CS[C@@H]2C(NC(=O)/C(=N\OC(c3ccccc3)(c3ccccc3)c3ccccc3)c3csc(NC(c4ccccc4)(c4ccccc4)c4ccccc4)n3)C(=O)N12. The van der Waals surface area contributed by atoms with Gasteiger partial charge in [-0.05, 0) is 34.2 Å². The Labute approximate surface area is 483 Å². The number of fused-ring (bicyclic) bond motifs is 1. The zero-order valence-electron chi connectivity index (χ0n) is 43.8. The van der Waals surface area contributed by atoms with Gasteiger partial charge in [-0.2, -0.15) is 0 Å². The Morgan fingerprint density at radius 2 is 1.10 bits per heavy atom. The highest BCUT2D eigenvalue weighted by molar-refractivity contribution is 8.06. The molecule has 9 aromatic rings. The number of β-lactam (4-membered cyclic amide) rings is 1. The number of thiazole rings is 1. The van der Waals surface area contributed by atoms with Crippen LogP contribution in [0.5, 0.6) is 0 Å². The molecule has 81 heavy (non-hydrogen) atoms. The Balaban J connectivity index is 0.932. The van der Waals surface area contributed by atoms with Crippen LogP contribution in [0.3, 0.4) is 0 Å². The van der Waals surface area contributed by atoms with Gasteiger partial charge in [0.25, 0.3) is 11.8 Å². The number of oxime groups is 1. The van der Waals surface area contributed by atoms with Crippen LogP contribution >= 0.6 is 34.9 Å². The zero-order valence-corrected chi connectivity index (χ0v) is 46.3. The first-order chi connectivity index (χ1) is 39.9. The van der Waals surface area contributed by atoms with Crippen LogP contribution in [0.4, 0.5) is 5.13 Å². The van der Waals surface area contributed by atoms with Gasteiger partial charge in [-0.1, -0.05) is 248 Å². The molecule has 402 valence electrons. The van der Waals surface area contributed by atoms with Crippen molar-refractivity contribution in [1.82, 2.24) is 15.2 Å². The number of benzene rings is 8. The second-order valence-corrected chi connectivity index (χ2v) is 23.0. The first-order valence-corrected chi connectivity index (χ1v) is 29.6. The molecule has 2 amide bonds. The standard InChI is InChI=1S/C67H55N5O6S3/c73-61(69-58-62(74)72-59(56(45-79-63(58)72)81-54-41-42-76-43-54)64(75)77-60(46-25-9-1-10-26-46)47-27-11-2-12-28-47)57(71-78-67(51-35-19-6-20-36-51,52-37-21-7-22-38-52)53-39-23-8-24-40-53)55-44-80-65(68-55)70-66(48-29-13-3-14-30-48,49-31-15-4-16-32-49)50-33-17-5-18-34-50/h1-40,44,54,58,60,63H,41-43,45H2,(H,68,70)(H,69,73)/b71-57-/t54?,58?,63-/m1/s1. The quantitative estimate of drug-likeness (QED) is 0.0265. The summed E-state index contributed by atoms with van der Waals surface area (Å²) < 4.78 is 12.2. The van der Waals surface area contributed by atoms with Gasteiger partial charge in [-0.15, -0.1) is 34.9 Å². The van der Waals surface area contributed by atoms with E-state index in [4.69, 9.17) is 24.5 Å². The number of carbonyl (C=O) groups excluding carboxylic acids is 3. The van der Waals surface area contributed by atoms with Crippen molar-refractivity contribution in [2.45, 2.75) is 40.3 Å². The van der Waals surface area contributed by atoms with Gasteiger partial charge in [0, 0.05) is 44.6 Å². The molecule has 4 heterocycles. The van der Waals surface area contributed by atoms with Crippen LogP contribution in [0.15, 0.2) is 264 Å². The smallest absolute Gasteiger partial charge is 0.356 e. The molecule has 0 aliphatic carbocycles. The van der Waals surface area contributed by atoms with Crippen molar-refractivity contribution in [3.05, 3.63) is 309 Å². The molecular formula is C67H55N5O6S3. The van der Waals surface area contributed by atoms with E-state index in [0.717, 1.165) is 55.8 Å². The summed E-state index contributed by atoms with van der Waals surface area (Å²) in [5.74, 6) is -1.39. The van der Waals surface area contributed by atoms with E-state index in [-0.39, 0.29) is 22.4 Å². The number of rotatable bonds is 19. The minimum Gasteiger partial charge on any atom is -0.448 e. The van der Waals surface area contributed by atoms with Gasteiger partial charge in [0.15, 0.2) is 16.9 Å². The molecule has 3 aliphatic rings. The number of thioether (sulfide) groups is 2. The van der Waals surface area contributed by atoms with E-state index >= 15 is 4.79 Å². The number of esters is 1. The Kier molecular flexibility index (Phi) is 15.8. The third kappa shape index (κ3) is 10.7. The van der Waals surface area contributed by atoms with Gasteiger partial charge in [0.05, 0.1) is 6.61 Å². The minimum atomic E-state index is -1.37. The number of nitrogens with zero attached hydrogens (tertiary/aromatic N) is 3. The lowest BCUT2D eigenvalue weighted by molar-refractivity contribution is -0.154. The van der Waals surface area contributed by atoms with E-state index in [0.29, 0.717) is 24.1 Å². The molecule has 0 spiro atoms. The van der Waals surface area contributed by atoms with E-state index in [1.807, 2.05) is 206 Å². The second-order valence-electron chi connectivity index (χ2n) is 19.7. The molecule has 3 aliphatic heterocycles. The molecule has 11 nitrogen and oxygen atoms in total. The Bertz CT molecular complexity index is 3440. The lowest BCUT2D eigenvalue weighted by Gasteiger charge is -2.49. The lowest BCUT2D eigenvalue weighted by Crippen LogP contribution is -2.71. The monoisotopic (exact) mass is 1120 g/mol. The summed E-state index contributed by atoms with van der Waals surface area (Å²) in [6, 6.07) is 78.0. The van der Waals surface area contributed by atoms with Crippen LogP contribution in [-0.2, 0) is 39.8 Å². The molecule has 2 saturated heterocycles. The number of anilines is 1. The van der Waals surface area contributed by atoms with Gasteiger partial charge in [-0.25, -0.2) is 9.78 Å². The summed E-state index contributed by atoms with van der Waals surface area (Å²) >= 11 is 4.35. The molecule has 8 aromatic carbocycles. The first kappa shape index (κ1) is 53.1. The van der Waals surface area contributed by atoms with Crippen molar-refractivity contribution in [2.24, 2.45) is 5.16 Å². The Morgan fingerprint density at radius 1 is 0.642 bits per heavy atom. The third-order valence-electron chi connectivity index (χ3n) is 14.7. The highest BCUT2D eigenvalue weighted by Crippen LogP contribution is 2.47. The van der Waals surface area contributed by atoms with E-state index in [2.05, 4.69) is 47.0 Å². The van der Waals surface area contributed by atoms with Crippen molar-refractivity contribution in [3.63, 3.8) is 0 Å². The summed E-state index contributed by atoms with van der Waals surface area (Å²) in [6.45, 7) is 1.14. The zero-order chi connectivity index (χ0) is 55.0. The maximum Gasteiger partial charge on any atom is 0.356 e. The number of amides is 2. The second kappa shape index (κ2) is 24.1. The molecule has 1 aromatic heterocycles. The van der Waals surface area contributed by atoms with Gasteiger partial charge >= 0.3 is 5.97 Å².